The van der Waals surface area contributed by atoms with Crippen LogP contribution in [0.5, 0.6) is 11.5 Å². The fourth-order valence-electron chi connectivity index (χ4n) is 3.15. The van der Waals surface area contributed by atoms with Crippen molar-refractivity contribution >= 4 is 27.5 Å². The highest BCUT2D eigenvalue weighted by Gasteiger charge is 2.24. The molecule has 3 aromatic rings. The second-order valence-corrected chi connectivity index (χ2v) is 10.5. The molecule has 0 radical (unpaired) electrons. The molecule has 0 heterocycles. The van der Waals surface area contributed by atoms with Gasteiger partial charge in [0, 0.05) is 0 Å². The molecule has 0 bridgehead atoms. The maximum absolute atomic E-state index is 13.1. The Hall–Kier alpha value is -3.72. The van der Waals surface area contributed by atoms with E-state index in [1.807, 2.05) is 37.3 Å². The van der Waals surface area contributed by atoms with Crippen LogP contribution in [0.3, 0.4) is 0 Å². The third-order valence-corrected chi connectivity index (χ3v) is 6.13. The number of carbonyl (C=O) groups is 1. The number of amides is 1. The first-order chi connectivity index (χ1) is 16.5. The smallest absolute Gasteiger partial charge is 0.412 e. The van der Waals surface area contributed by atoms with Gasteiger partial charge in [-0.1, -0.05) is 48.0 Å². The van der Waals surface area contributed by atoms with Gasteiger partial charge in [-0.05, 0) is 57.5 Å². The lowest BCUT2D eigenvalue weighted by atomic mass is 10.2. The molecule has 0 aromatic heterocycles. The van der Waals surface area contributed by atoms with Gasteiger partial charge in [-0.25, -0.2) is 13.2 Å². The molecule has 3 aromatic carbocycles. The van der Waals surface area contributed by atoms with Gasteiger partial charge in [-0.3, -0.25) is 10.0 Å². The highest BCUT2D eigenvalue weighted by Crippen LogP contribution is 2.43. The molecule has 0 aliphatic heterocycles. The molecule has 0 aliphatic carbocycles. The summed E-state index contributed by atoms with van der Waals surface area (Å²) >= 11 is 0. The third-order valence-electron chi connectivity index (χ3n) is 4.75. The SMILES string of the molecule is COc1c(NC(=O)OC(C)(C)C)ccc(NS(=O)(=O)c2ccc(C)cc2)c1OCc1ccccc1. The summed E-state index contributed by atoms with van der Waals surface area (Å²) in [5, 5.41) is 2.64. The van der Waals surface area contributed by atoms with Crippen molar-refractivity contribution in [2.75, 3.05) is 17.1 Å². The molecule has 186 valence electrons. The normalized spacial score (nSPS) is 11.5. The Labute approximate surface area is 206 Å². The van der Waals surface area contributed by atoms with E-state index in [9.17, 15) is 13.2 Å². The number of anilines is 2. The van der Waals surface area contributed by atoms with Crippen LogP contribution in [0, 0.1) is 6.92 Å². The Morgan fingerprint density at radius 3 is 2.11 bits per heavy atom. The Balaban J connectivity index is 1.99. The third kappa shape index (κ3) is 7.13. The summed E-state index contributed by atoms with van der Waals surface area (Å²) < 4.78 is 45.6. The van der Waals surface area contributed by atoms with E-state index >= 15 is 0 Å². The lowest BCUT2D eigenvalue weighted by Crippen LogP contribution is -2.27. The summed E-state index contributed by atoms with van der Waals surface area (Å²) in [6.45, 7) is 7.27. The van der Waals surface area contributed by atoms with Gasteiger partial charge in [0.1, 0.15) is 12.2 Å². The Morgan fingerprint density at radius 1 is 0.886 bits per heavy atom. The molecule has 9 heteroatoms. The lowest BCUT2D eigenvalue weighted by Gasteiger charge is -2.22. The first-order valence-electron chi connectivity index (χ1n) is 11.0. The summed E-state index contributed by atoms with van der Waals surface area (Å²) in [5.41, 5.74) is 1.53. The van der Waals surface area contributed by atoms with Crippen LogP contribution in [0.1, 0.15) is 31.9 Å². The fraction of sp³-hybridized carbons (Fsp3) is 0.269. The Kier molecular flexibility index (Phi) is 7.91. The van der Waals surface area contributed by atoms with E-state index in [-0.39, 0.29) is 34.4 Å². The molecule has 0 aliphatic rings. The molecular weight excluding hydrogens is 468 g/mol. The second-order valence-electron chi connectivity index (χ2n) is 8.84. The number of methoxy groups -OCH3 is 1. The number of sulfonamides is 1. The van der Waals surface area contributed by atoms with Gasteiger partial charge in [0.15, 0.2) is 11.5 Å². The molecule has 0 spiro atoms. The van der Waals surface area contributed by atoms with Gasteiger partial charge in [-0.15, -0.1) is 0 Å². The van der Waals surface area contributed by atoms with E-state index in [4.69, 9.17) is 14.2 Å². The molecule has 0 unspecified atom stereocenters. The van der Waals surface area contributed by atoms with Gasteiger partial charge < -0.3 is 14.2 Å². The minimum absolute atomic E-state index is 0.104. The van der Waals surface area contributed by atoms with Crippen LogP contribution in [-0.2, 0) is 21.4 Å². The standard InChI is InChI=1S/C26H30N2O6S/c1-18-11-13-20(14-12-18)35(30,31)28-22-16-15-21(27-25(29)34-26(2,3)4)23(32-5)24(22)33-17-19-9-7-6-8-10-19/h6-16,28H,17H2,1-5H3,(H,27,29). The second kappa shape index (κ2) is 10.7. The zero-order chi connectivity index (χ0) is 25.6. The van der Waals surface area contributed by atoms with Crippen molar-refractivity contribution in [2.45, 2.75) is 44.8 Å². The van der Waals surface area contributed by atoms with Gasteiger partial charge in [0.25, 0.3) is 10.0 Å². The van der Waals surface area contributed by atoms with Crippen molar-refractivity contribution in [3.63, 3.8) is 0 Å². The fourth-order valence-corrected chi connectivity index (χ4v) is 4.21. The minimum Gasteiger partial charge on any atom is -0.491 e. The predicted molar refractivity (Wildman–Crippen MR) is 136 cm³/mol. The number of hydrogen-bond donors (Lipinski definition) is 2. The summed E-state index contributed by atoms with van der Waals surface area (Å²) in [5.74, 6) is 0.275. The summed E-state index contributed by atoms with van der Waals surface area (Å²) in [6, 6.07) is 18.9. The number of ether oxygens (including phenoxy) is 3. The van der Waals surface area contributed by atoms with E-state index in [0.717, 1.165) is 11.1 Å². The molecule has 2 N–H and O–H groups in total. The van der Waals surface area contributed by atoms with Crippen LogP contribution in [0.15, 0.2) is 71.6 Å². The maximum atomic E-state index is 13.1. The Morgan fingerprint density at radius 2 is 1.51 bits per heavy atom. The van der Waals surface area contributed by atoms with Gasteiger partial charge in [-0.2, -0.15) is 0 Å². The zero-order valence-electron chi connectivity index (χ0n) is 20.4. The highest BCUT2D eigenvalue weighted by atomic mass is 32.2. The summed E-state index contributed by atoms with van der Waals surface area (Å²) in [6.07, 6.45) is -0.683. The average Bonchev–Trinajstić information content (AvgIpc) is 2.78. The van der Waals surface area contributed by atoms with Gasteiger partial charge in [0.2, 0.25) is 0 Å². The summed E-state index contributed by atoms with van der Waals surface area (Å²) in [4.78, 5) is 12.5. The van der Waals surface area contributed by atoms with Crippen LogP contribution in [-0.4, -0.2) is 27.2 Å². The van der Waals surface area contributed by atoms with E-state index in [2.05, 4.69) is 10.0 Å². The predicted octanol–water partition coefficient (Wildman–Crippen LogP) is 5.73. The monoisotopic (exact) mass is 498 g/mol. The molecule has 0 saturated carbocycles. The molecule has 35 heavy (non-hydrogen) atoms. The number of hydrogen-bond acceptors (Lipinski definition) is 6. The highest BCUT2D eigenvalue weighted by molar-refractivity contribution is 7.92. The molecular formula is C26H30N2O6S. The largest absolute Gasteiger partial charge is 0.491 e. The van der Waals surface area contributed by atoms with Crippen molar-refractivity contribution in [3.8, 4) is 11.5 Å². The van der Waals surface area contributed by atoms with Crippen molar-refractivity contribution in [1.29, 1.82) is 0 Å². The first kappa shape index (κ1) is 25.9. The van der Waals surface area contributed by atoms with Crippen molar-refractivity contribution < 1.29 is 27.4 Å². The number of nitrogens with one attached hydrogen (secondary N) is 2. The van der Waals surface area contributed by atoms with Crippen molar-refractivity contribution in [2.24, 2.45) is 0 Å². The lowest BCUT2D eigenvalue weighted by molar-refractivity contribution is 0.0635. The van der Waals surface area contributed by atoms with Crippen LogP contribution in [0.2, 0.25) is 0 Å². The molecule has 8 nitrogen and oxygen atoms in total. The van der Waals surface area contributed by atoms with E-state index in [1.54, 1.807) is 32.9 Å². The number of aryl methyl sites for hydroxylation is 1. The number of rotatable bonds is 8. The van der Waals surface area contributed by atoms with Crippen LogP contribution < -0.4 is 19.5 Å². The van der Waals surface area contributed by atoms with E-state index < -0.39 is 21.7 Å². The van der Waals surface area contributed by atoms with Gasteiger partial charge >= 0.3 is 6.09 Å². The molecule has 0 fully saturated rings. The molecule has 1 amide bonds. The number of carbonyl (C=O) groups excluding carboxylic acids is 1. The van der Waals surface area contributed by atoms with Crippen molar-refractivity contribution in [1.82, 2.24) is 0 Å². The molecule has 0 saturated heterocycles. The maximum Gasteiger partial charge on any atom is 0.412 e. The van der Waals surface area contributed by atoms with E-state index in [1.165, 1.54) is 31.4 Å². The number of benzene rings is 3. The van der Waals surface area contributed by atoms with E-state index in [0.29, 0.717) is 0 Å². The topological polar surface area (TPSA) is 103 Å². The first-order valence-corrected chi connectivity index (χ1v) is 12.4. The zero-order valence-corrected chi connectivity index (χ0v) is 21.2. The van der Waals surface area contributed by atoms with Gasteiger partial charge in [0.05, 0.1) is 23.4 Å². The molecule has 3 rings (SSSR count). The van der Waals surface area contributed by atoms with Crippen LogP contribution in [0.25, 0.3) is 0 Å². The minimum atomic E-state index is -3.92. The summed E-state index contributed by atoms with van der Waals surface area (Å²) in [7, 11) is -2.51. The van der Waals surface area contributed by atoms with Crippen LogP contribution >= 0.6 is 0 Å². The molecule has 0 atom stereocenters. The Bertz CT molecular complexity index is 1270. The average molecular weight is 499 g/mol. The van der Waals surface area contributed by atoms with Crippen molar-refractivity contribution in [3.05, 3.63) is 77.9 Å². The quantitative estimate of drug-likeness (QED) is 0.411. The van der Waals surface area contributed by atoms with Crippen LogP contribution in [0.4, 0.5) is 16.2 Å².